The van der Waals surface area contributed by atoms with E-state index in [-0.39, 0.29) is 5.82 Å². The summed E-state index contributed by atoms with van der Waals surface area (Å²) in [6, 6.07) is 11.7. The van der Waals surface area contributed by atoms with E-state index >= 15 is 0 Å². The van der Waals surface area contributed by atoms with Crippen molar-refractivity contribution in [3.8, 4) is 17.6 Å². The van der Waals surface area contributed by atoms with Gasteiger partial charge in [0.1, 0.15) is 18.2 Å². The highest BCUT2D eigenvalue weighted by Gasteiger charge is 2.05. The van der Waals surface area contributed by atoms with Gasteiger partial charge in [0.25, 0.3) is 0 Å². The minimum atomic E-state index is -0.352. The summed E-state index contributed by atoms with van der Waals surface area (Å²) in [6.07, 6.45) is 0.544. The molecule has 0 atom stereocenters. The number of benzene rings is 2. The zero-order valence-corrected chi connectivity index (χ0v) is 12.7. The van der Waals surface area contributed by atoms with Crippen LogP contribution in [0.4, 0.5) is 4.39 Å². The average Bonchev–Trinajstić information content (AvgIpc) is 2.48. The first-order valence-corrected chi connectivity index (χ1v) is 7.32. The Morgan fingerprint density at radius 2 is 1.95 bits per heavy atom. The molecule has 2 aromatic rings. The van der Waals surface area contributed by atoms with Gasteiger partial charge in [-0.25, -0.2) is 4.39 Å². The van der Waals surface area contributed by atoms with Crippen LogP contribution in [0.5, 0.6) is 5.75 Å². The van der Waals surface area contributed by atoms with Crippen LogP contribution in [0.25, 0.3) is 0 Å². The maximum atomic E-state index is 13.3. The van der Waals surface area contributed by atoms with Crippen LogP contribution in [0.2, 0.25) is 5.02 Å². The lowest BCUT2D eigenvalue weighted by Crippen LogP contribution is -1.98. The summed E-state index contributed by atoms with van der Waals surface area (Å²) < 4.78 is 19.0. The number of halogens is 3. The largest absolute Gasteiger partial charge is 0.488 e. The molecular weight excluding hydrogens is 310 g/mol. The van der Waals surface area contributed by atoms with E-state index in [0.29, 0.717) is 35.2 Å². The summed E-state index contributed by atoms with van der Waals surface area (Å²) in [5.74, 6) is 6.36. The minimum absolute atomic E-state index is 0.301. The van der Waals surface area contributed by atoms with Crippen molar-refractivity contribution < 1.29 is 9.13 Å². The van der Waals surface area contributed by atoms with Crippen molar-refractivity contribution in [2.24, 2.45) is 0 Å². The molecule has 0 aliphatic rings. The smallest absolute Gasteiger partial charge is 0.135 e. The Morgan fingerprint density at radius 3 is 2.71 bits per heavy atom. The second-order valence-electron chi connectivity index (χ2n) is 4.26. The molecule has 2 rings (SSSR count). The summed E-state index contributed by atoms with van der Waals surface area (Å²) >= 11 is 11.7. The summed E-state index contributed by atoms with van der Waals surface area (Å²) in [5, 5.41) is 0.634. The highest BCUT2D eigenvalue weighted by molar-refractivity contribution is 6.31. The monoisotopic (exact) mass is 322 g/mol. The van der Waals surface area contributed by atoms with Gasteiger partial charge in [-0.15, -0.1) is 11.6 Å². The van der Waals surface area contributed by atoms with E-state index in [0.717, 1.165) is 5.56 Å². The van der Waals surface area contributed by atoms with Gasteiger partial charge in [-0.1, -0.05) is 41.6 Å². The maximum Gasteiger partial charge on any atom is 0.135 e. The van der Waals surface area contributed by atoms with Crippen molar-refractivity contribution >= 4 is 23.2 Å². The molecule has 0 unspecified atom stereocenters. The average molecular weight is 323 g/mol. The first-order valence-electron chi connectivity index (χ1n) is 6.41. The standard InChI is InChI=1S/C17H13Cl2FO/c18-10-4-3-5-13-11-15(20)8-9-17(13)21-12-14-6-1-2-7-16(14)19/h1-2,6-9,11H,4,10,12H2. The lowest BCUT2D eigenvalue weighted by molar-refractivity contribution is 0.305. The predicted octanol–water partition coefficient (Wildman–Crippen LogP) is 5.04. The molecule has 0 fully saturated rings. The van der Waals surface area contributed by atoms with Crippen LogP contribution in [0.1, 0.15) is 17.5 Å². The molecule has 0 amide bonds. The summed E-state index contributed by atoms with van der Waals surface area (Å²) in [7, 11) is 0. The zero-order valence-electron chi connectivity index (χ0n) is 11.2. The molecule has 0 bridgehead atoms. The number of alkyl halides is 1. The molecule has 0 saturated carbocycles. The SMILES string of the molecule is Fc1ccc(OCc2ccccc2Cl)c(C#CCCCl)c1. The van der Waals surface area contributed by atoms with Gasteiger partial charge in [0, 0.05) is 22.9 Å². The molecule has 0 aliphatic carbocycles. The van der Waals surface area contributed by atoms with Gasteiger partial charge < -0.3 is 4.74 Å². The summed E-state index contributed by atoms with van der Waals surface area (Å²) in [6.45, 7) is 0.301. The Balaban J connectivity index is 2.16. The Bertz CT molecular complexity index is 674. The van der Waals surface area contributed by atoms with Crippen molar-refractivity contribution in [1.82, 2.24) is 0 Å². The third kappa shape index (κ3) is 4.67. The van der Waals surface area contributed by atoms with E-state index in [1.54, 1.807) is 12.1 Å². The van der Waals surface area contributed by atoms with E-state index in [1.807, 2.05) is 18.2 Å². The fourth-order valence-electron chi connectivity index (χ4n) is 1.70. The number of hydrogen-bond donors (Lipinski definition) is 0. The Morgan fingerprint density at radius 1 is 1.14 bits per heavy atom. The second kappa shape index (κ2) is 7.93. The van der Waals surface area contributed by atoms with Gasteiger partial charge in [0.2, 0.25) is 0 Å². The van der Waals surface area contributed by atoms with Crippen LogP contribution in [0.3, 0.4) is 0 Å². The van der Waals surface area contributed by atoms with Gasteiger partial charge in [0.05, 0.1) is 5.56 Å². The van der Waals surface area contributed by atoms with E-state index < -0.39 is 0 Å². The van der Waals surface area contributed by atoms with Crippen molar-refractivity contribution in [2.45, 2.75) is 13.0 Å². The Kier molecular flexibility index (Phi) is 5.92. The maximum absolute atomic E-state index is 13.3. The zero-order chi connectivity index (χ0) is 15.1. The molecule has 1 nitrogen and oxygen atoms in total. The molecule has 0 radical (unpaired) electrons. The number of hydrogen-bond acceptors (Lipinski definition) is 1. The van der Waals surface area contributed by atoms with Crippen LogP contribution in [-0.4, -0.2) is 5.88 Å². The molecule has 108 valence electrons. The molecule has 4 heteroatoms. The fraction of sp³-hybridized carbons (Fsp3) is 0.176. The van der Waals surface area contributed by atoms with E-state index in [9.17, 15) is 4.39 Å². The number of rotatable bonds is 4. The van der Waals surface area contributed by atoms with Crippen LogP contribution in [0, 0.1) is 17.7 Å². The fourth-order valence-corrected chi connectivity index (χ4v) is 1.99. The highest BCUT2D eigenvalue weighted by Crippen LogP contribution is 2.22. The topological polar surface area (TPSA) is 9.23 Å². The van der Waals surface area contributed by atoms with E-state index in [4.69, 9.17) is 27.9 Å². The minimum Gasteiger partial charge on any atom is -0.488 e. The van der Waals surface area contributed by atoms with Crippen LogP contribution < -0.4 is 4.74 Å². The molecule has 21 heavy (non-hydrogen) atoms. The van der Waals surface area contributed by atoms with E-state index in [1.165, 1.54) is 12.1 Å². The number of ether oxygens (including phenoxy) is 1. The second-order valence-corrected chi connectivity index (χ2v) is 5.05. The van der Waals surface area contributed by atoms with Crippen molar-refractivity contribution in [2.75, 3.05) is 5.88 Å². The third-order valence-corrected chi connectivity index (χ3v) is 3.28. The Hall–Kier alpha value is -1.69. The van der Waals surface area contributed by atoms with Gasteiger partial charge in [-0.05, 0) is 24.3 Å². The molecule has 0 saturated heterocycles. The lowest BCUT2D eigenvalue weighted by Gasteiger charge is -2.09. The summed E-state index contributed by atoms with van der Waals surface area (Å²) in [4.78, 5) is 0. The van der Waals surface area contributed by atoms with E-state index in [2.05, 4.69) is 11.8 Å². The van der Waals surface area contributed by atoms with Crippen LogP contribution in [0.15, 0.2) is 42.5 Å². The van der Waals surface area contributed by atoms with Gasteiger partial charge >= 0.3 is 0 Å². The molecule has 0 N–H and O–H groups in total. The van der Waals surface area contributed by atoms with Crippen molar-refractivity contribution in [1.29, 1.82) is 0 Å². The Labute approximate surface area is 133 Å². The quantitative estimate of drug-likeness (QED) is 0.566. The normalized spacial score (nSPS) is 9.86. The highest BCUT2D eigenvalue weighted by atomic mass is 35.5. The summed E-state index contributed by atoms with van der Waals surface area (Å²) in [5.41, 5.74) is 1.37. The molecule has 0 aliphatic heterocycles. The molecule has 0 aromatic heterocycles. The van der Waals surface area contributed by atoms with Crippen molar-refractivity contribution in [3.05, 3.63) is 64.4 Å². The first-order chi connectivity index (χ1) is 10.2. The van der Waals surface area contributed by atoms with Crippen LogP contribution in [-0.2, 0) is 6.61 Å². The molecule has 0 spiro atoms. The molecule has 2 aromatic carbocycles. The molecular formula is C17H13Cl2FO. The van der Waals surface area contributed by atoms with Crippen LogP contribution >= 0.6 is 23.2 Å². The molecule has 0 heterocycles. The third-order valence-electron chi connectivity index (χ3n) is 2.73. The van der Waals surface area contributed by atoms with Crippen molar-refractivity contribution in [3.63, 3.8) is 0 Å². The predicted molar refractivity (Wildman–Crippen MR) is 84.4 cm³/mol. The first kappa shape index (κ1) is 15.7. The van der Waals surface area contributed by atoms with Gasteiger partial charge in [0.15, 0.2) is 0 Å². The lowest BCUT2D eigenvalue weighted by atomic mass is 10.2. The van der Waals surface area contributed by atoms with Gasteiger partial charge in [-0.2, -0.15) is 0 Å². The van der Waals surface area contributed by atoms with Gasteiger partial charge in [-0.3, -0.25) is 0 Å².